The third-order valence-corrected chi connectivity index (χ3v) is 2.87. The second-order valence-electron chi connectivity index (χ2n) is 4.17. The lowest BCUT2D eigenvalue weighted by Crippen LogP contribution is -2.33. The van der Waals surface area contributed by atoms with Crippen molar-refractivity contribution in [2.45, 2.75) is 18.4 Å². The van der Waals surface area contributed by atoms with Crippen LogP contribution in [0.4, 0.5) is 0 Å². The Morgan fingerprint density at radius 3 is 2.67 bits per heavy atom. The van der Waals surface area contributed by atoms with E-state index in [1.807, 2.05) is 24.3 Å². The number of aliphatic hydroxyl groups is 1. The van der Waals surface area contributed by atoms with Gasteiger partial charge in [-0.3, -0.25) is 0 Å². The predicted octanol–water partition coefficient (Wildman–Crippen LogP) is 0.935. The molecule has 0 amide bonds. The molecule has 0 spiro atoms. The van der Waals surface area contributed by atoms with Gasteiger partial charge in [0.15, 0.2) is 0 Å². The van der Waals surface area contributed by atoms with Gasteiger partial charge in [0.05, 0.1) is 5.60 Å². The summed E-state index contributed by atoms with van der Waals surface area (Å²) in [5, 5.41) is 13.3. The molecule has 0 aliphatic carbocycles. The SMILES string of the molecule is C#Cc1ccc(CC2(O)CCNC2)cc1. The van der Waals surface area contributed by atoms with Crippen molar-refractivity contribution in [1.29, 1.82) is 0 Å². The van der Waals surface area contributed by atoms with Gasteiger partial charge in [-0.05, 0) is 30.7 Å². The van der Waals surface area contributed by atoms with Crippen molar-refractivity contribution in [3.8, 4) is 12.3 Å². The van der Waals surface area contributed by atoms with E-state index < -0.39 is 5.60 Å². The van der Waals surface area contributed by atoms with Crippen molar-refractivity contribution in [2.75, 3.05) is 13.1 Å². The zero-order valence-electron chi connectivity index (χ0n) is 8.66. The summed E-state index contributed by atoms with van der Waals surface area (Å²) in [6, 6.07) is 7.82. The summed E-state index contributed by atoms with van der Waals surface area (Å²) in [6.07, 6.45) is 6.80. The second-order valence-corrected chi connectivity index (χ2v) is 4.17. The summed E-state index contributed by atoms with van der Waals surface area (Å²) >= 11 is 0. The fraction of sp³-hybridized carbons (Fsp3) is 0.385. The summed E-state index contributed by atoms with van der Waals surface area (Å²) < 4.78 is 0. The average molecular weight is 201 g/mol. The van der Waals surface area contributed by atoms with Crippen LogP contribution in [0, 0.1) is 12.3 Å². The Morgan fingerprint density at radius 1 is 1.40 bits per heavy atom. The molecule has 1 aromatic rings. The first-order valence-electron chi connectivity index (χ1n) is 5.20. The molecular formula is C13H15NO. The van der Waals surface area contributed by atoms with Crippen molar-refractivity contribution in [3.63, 3.8) is 0 Å². The lowest BCUT2D eigenvalue weighted by molar-refractivity contribution is 0.0619. The van der Waals surface area contributed by atoms with Gasteiger partial charge in [0.1, 0.15) is 0 Å². The molecule has 0 saturated carbocycles. The Bertz CT molecular complexity index is 369. The quantitative estimate of drug-likeness (QED) is 0.698. The molecule has 2 nitrogen and oxygen atoms in total. The zero-order valence-corrected chi connectivity index (χ0v) is 8.66. The lowest BCUT2D eigenvalue weighted by Gasteiger charge is -2.21. The second kappa shape index (κ2) is 4.06. The highest BCUT2D eigenvalue weighted by atomic mass is 16.3. The van der Waals surface area contributed by atoms with Gasteiger partial charge in [-0.1, -0.05) is 18.1 Å². The Labute approximate surface area is 90.3 Å². The minimum Gasteiger partial charge on any atom is -0.388 e. The van der Waals surface area contributed by atoms with E-state index in [1.54, 1.807) is 0 Å². The molecule has 1 aliphatic heterocycles. The minimum absolute atomic E-state index is 0.572. The number of benzene rings is 1. The molecule has 1 aliphatic rings. The van der Waals surface area contributed by atoms with Crippen LogP contribution < -0.4 is 5.32 Å². The Hall–Kier alpha value is -1.30. The molecule has 1 atom stereocenters. The minimum atomic E-state index is -0.572. The van der Waals surface area contributed by atoms with Crippen LogP contribution in [0.2, 0.25) is 0 Å². The van der Waals surface area contributed by atoms with Crippen molar-refractivity contribution in [3.05, 3.63) is 35.4 Å². The molecule has 0 radical (unpaired) electrons. The standard InChI is InChI=1S/C13H15NO/c1-2-11-3-5-12(6-4-11)9-13(15)7-8-14-10-13/h1,3-6,14-15H,7-10H2. The van der Waals surface area contributed by atoms with Crippen LogP contribution in [-0.2, 0) is 6.42 Å². The Kier molecular flexibility index (Phi) is 2.77. The first-order chi connectivity index (χ1) is 7.22. The van der Waals surface area contributed by atoms with Crippen LogP contribution in [0.3, 0.4) is 0 Å². The van der Waals surface area contributed by atoms with Crippen LogP contribution in [-0.4, -0.2) is 23.8 Å². The van der Waals surface area contributed by atoms with Gasteiger partial charge in [0, 0.05) is 18.5 Å². The molecule has 1 fully saturated rings. The first-order valence-corrected chi connectivity index (χ1v) is 5.20. The molecule has 1 heterocycles. The number of rotatable bonds is 2. The van der Waals surface area contributed by atoms with Gasteiger partial charge in [-0.15, -0.1) is 6.42 Å². The normalized spacial score (nSPS) is 25.1. The van der Waals surface area contributed by atoms with Crippen LogP contribution >= 0.6 is 0 Å². The van der Waals surface area contributed by atoms with E-state index in [-0.39, 0.29) is 0 Å². The number of nitrogens with one attached hydrogen (secondary N) is 1. The van der Waals surface area contributed by atoms with Gasteiger partial charge in [0.2, 0.25) is 0 Å². The highest BCUT2D eigenvalue weighted by molar-refractivity contribution is 5.34. The number of hydrogen-bond donors (Lipinski definition) is 2. The number of β-amino-alcohol motifs (C(OH)–C–C–N with tert-alkyl or cyclic N) is 1. The van der Waals surface area contributed by atoms with Gasteiger partial charge in [-0.2, -0.15) is 0 Å². The summed E-state index contributed by atoms with van der Waals surface area (Å²) in [5.74, 6) is 2.58. The van der Waals surface area contributed by atoms with Crippen molar-refractivity contribution < 1.29 is 5.11 Å². The van der Waals surface area contributed by atoms with Crippen LogP contribution in [0.1, 0.15) is 17.5 Å². The molecule has 0 bridgehead atoms. The molecule has 1 unspecified atom stereocenters. The van der Waals surface area contributed by atoms with Gasteiger partial charge < -0.3 is 10.4 Å². The van der Waals surface area contributed by atoms with Crippen molar-refractivity contribution >= 4 is 0 Å². The van der Waals surface area contributed by atoms with E-state index in [1.165, 1.54) is 0 Å². The maximum absolute atomic E-state index is 10.2. The lowest BCUT2D eigenvalue weighted by atomic mass is 9.93. The maximum atomic E-state index is 10.2. The van der Waals surface area contributed by atoms with Crippen LogP contribution in [0.25, 0.3) is 0 Å². The fourth-order valence-corrected chi connectivity index (χ4v) is 1.98. The molecule has 15 heavy (non-hydrogen) atoms. The predicted molar refractivity (Wildman–Crippen MR) is 60.5 cm³/mol. The molecule has 2 N–H and O–H groups in total. The first kappa shape index (κ1) is 10.2. The zero-order chi connectivity index (χ0) is 10.7. The molecule has 1 aromatic carbocycles. The van der Waals surface area contributed by atoms with Gasteiger partial charge in [-0.25, -0.2) is 0 Å². The molecule has 1 saturated heterocycles. The van der Waals surface area contributed by atoms with E-state index in [0.29, 0.717) is 13.0 Å². The Balaban J connectivity index is 2.08. The van der Waals surface area contributed by atoms with Gasteiger partial charge in [0.25, 0.3) is 0 Å². The third-order valence-electron chi connectivity index (χ3n) is 2.87. The number of terminal acetylenes is 1. The van der Waals surface area contributed by atoms with Crippen molar-refractivity contribution in [1.82, 2.24) is 5.32 Å². The molecular weight excluding hydrogens is 186 g/mol. The highest BCUT2D eigenvalue weighted by Crippen LogP contribution is 2.20. The molecule has 2 rings (SSSR count). The van der Waals surface area contributed by atoms with E-state index in [4.69, 9.17) is 6.42 Å². The third kappa shape index (κ3) is 2.38. The summed E-state index contributed by atoms with van der Waals surface area (Å²) in [6.45, 7) is 1.59. The molecule has 0 aromatic heterocycles. The smallest absolute Gasteiger partial charge is 0.0823 e. The van der Waals surface area contributed by atoms with Gasteiger partial charge >= 0.3 is 0 Å². The average Bonchev–Trinajstić information content (AvgIpc) is 2.66. The topological polar surface area (TPSA) is 32.3 Å². The van der Waals surface area contributed by atoms with E-state index in [9.17, 15) is 5.11 Å². The molecule has 78 valence electrons. The maximum Gasteiger partial charge on any atom is 0.0823 e. The monoisotopic (exact) mass is 201 g/mol. The van der Waals surface area contributed by atoms with E-state index in [2.05, 4.69) is 11.2 Å². The highest BCUT2D eigenvalue weighted by Gasteiger charge is 2.30. The Morgan fingerprint density at radius 2 is 2.13 bits per heavy atom. The summed E-state index contributed by atoms with van der Waals surface area (Å²) in [4.78, 5) is 0. The fourth-order valence-electron chi connectivity index (χ4n) is 1.98. The van der Waals surface area contributed by atoms with Crippen LogP contribution in [0.5, 0.6) is 0 Å². The summed E-state index contributed by atoms with van der Waals surface area (Å²) in [5.41, 5.74) is 1.45. The van der Waals surface area contributed by atoms with E-state index >= 15 is 0 Å². The largest absolute Gasteiger partial charge is 0.388 e. The summed E-state index contributed by atoms with van der Waals surface area (Å²) in [7, 11) is 0. The van der Waals surface area contributed by atoms with Crippen LogP contribution in [0.15, 0.2) is 24.3 Å². The number of hydrogen-bond acceptors (Lipinski definition) is 2. The van der Waals surface area contributed by atoms with Crippen molar-refractivity contribution in [2.24, 2.45) is 0 Å². The van der Waals surface area contributed by atoms with E-state index in [0.717, 1.165) is 24.1 Å². The molecule has 2 heteroatoms.